The van der Waals surface area contributed by atoms with Gasteiger partial charge in [0.25, 0.3) is 5.91 Å². The number of halogens is 1. The molecule has 4 aromatic heterocycles. The number of aryl methyl sites for hydroxylation is 1. The van der Waals surface area contributed by atoms with Crippen molar-refractivity contribution in [2.75, 3.05) is 12.4 Å². The van der Waals surface area contributed by atoms with E-state index >= 15 is 0 Å². The molecule has 0 spiro atoms. The molecule has 0 saturated heterocycles. The maximum atomic E-state index is 13.4. The van der Waals surface area contributed by atoms with E-state index in [9.17, 15) is 9.18 Å². The minimum atomic E-state index is -1.03. The molecule has 4 aromatic rings. The minimum absolute atomic E-state index is 0. The summed E-state index contributed by atoms with van der Waals surface area (Å²) < 4.78 is 20.4. The fourth-order valence-electron chi connectivity index (χ4n) is 4.59. The van der Waals surface area contributed by atoms with Crippen LogP contribution in [-0.4, -0.2) is 48.6 Å². The van der Waals surface area contributed by atoms with Crippen molar-refractivity contribution in [1.82, 2.24) is 35.3 Å². The summed E-state index contributed by atoms with van der Waals surface area (Å²) in [5.74, 6) is 0.809. The summed E-state index contributed by atoms with van der Waals surface area (Å²) in [4.78, 5) is 26.0. The van der Waals surface area contributed by atoms with Crippen LogP contribution in [0.25, 0.3) is 16.2 Å². The van der Waals surface area contributed by atoms with Crippen LogP contribution >= 0.6 is 13.5 Å². The van der Waals surface area contributed by atoms with Crippen LogP contribution in [0, 0.1) is 19.3 Å². The third-order valence-corrected chi connectivity index (χ3v) is 6.96. The Kier molecular flexibility index (Phi) is 8.85. The number of aromatic amines is 1. The van der Waals surface area contributed by atoms with Crippen LogP contribution in [0.5, 0.6) is 0 Å². The number of hydrogen-bond donors (Lipinski definition) is 3. The zero-order valence-electron chi connectivity index (χ0n) is 22.8. The lowest BCUT2D eigenvalue weighted by atomic mass is 9.83. The summed E-state index contributed by atoms with van der Waals surface area (Å²) >= 11 is 0. The van der Waals surface area contributed by atoms with Crippen molar-refractivity contribution in [3.8, 4) is 5.82 Å². The highest BCUT2D eigenvalue weighted by atomic mass is 32.1. The SMILES string of the molecule is S.[C-]#[N+]c1ccc(C2=CCC(OC)(C(=O)N[C@@H](C)c3ccc(-n4cc(F)cn4)nc3)CC2)nc1Nc1cc(C)[nH]n1. The van der Waals surface area contributed by atoms with Crippen LogP contribution in [0.4, 0.5) is 21.7 Å². The van der Waals surface area contributed by atoms with Gasteiger partial charge in [-0.15, -0.1) is 0 Å². The van der Waals surface area contributed by atoms with Gasteiger partial charge in [-0.2, -0.15) is 23.7 Å². The number of methoxy groups -OCH3 is 1. The molecule has 1 unspecified atom stereocenters. The number of nitrogens with one attached hydrogen (secondary N) is 3. The molecular weight excluding hydrogens is 545 g/mol. The van der Waals surface area contributed by atoms with Gasteiger partial charge < -0.3 is 15.4 Å². The van der Waals surface area contributed by atoms with E-state index in [2.05, 4.69) is 40.7 Å². The van der Waals surface area contributed by atoms with Gasteiger partial charge in [-0.25, -0.2) is 23.9 Å². The van der Waals surface area contributed by atoms with Crippen LogP contribution in [0.3, 0.4) is 0 Å². The number of allylic oxidation sites excluding steroid dienone is 1. The van der Waals surface area contributed by atoms with Gasteiger partial charge in [-0.1, -0.05) is 18.2 Å². The van der Waals surface area contributed by atoms with Gasteiger partial charge in [0.1, 0.15) is 11.4 Å². The number of H-pyrrole nitrogens is 1. The third kappa shape index (κ3) is 6.29. The van der Waals surface area contributed by atoms with Gasteiger partial charge in [-0.05, 0) is 50.0 Å². The maximum absolute atomic E-state index is 13.4. The predicted octanol–water partition coefficient (Wildman–Crippen LogP) is 5.07. The van der Waals surface area contributed by atoms with Crippen molar-refractivity contribution in [3.05, 3.63) is 89.2 Å². The molecule has 3 N–H and O–H groups in total. The second-order valence-corrected chi connectivity index (χ2v) is 9.62. The number of carbonyl (C=O) groups excluding carboxylic acids is 1. The summed E-state index contributed by atoms with van der Waals surface area (Å²) in [5.41, 5.74) is 2.74. The Morgan fingerprint density at radius 2 is 2.12 bits per heavy atom. The predicted molar refractivity (Wildman–Crippen MR) is 157 cm³/mol. The second kappa shape index (κ2) is 12.3. The van der Waals surface area contributed by atoms with Gasteiger partial charge in [0.15, 0.2) is 17.5 Å². The molecule has 4 heterocycles. The maximum Gasteiger partial charge on any atom is 0.253 e. The molecule has 5 rings (SSSR count). The van der Waals surface area contributed by atoms with E-state index in [1.807, 2.05) is 38.1 Å². The molecule has 11 nitrogen and oxygen atoms in total. The number of anilines is 2. The van der Waals surface area contributed by atoms with Crippen molar-refractivity contribution in [2.24, 2.45) is 0 Å². The first-order chi connectivity index (χ1) is 19.3. The number of rotatable bonds is 8. The molecule has 0 aromatic carbocycles. The van der Waals surface area contributed by atoms with E-state index < -0.39 is 11.4 Å². The fourth-order valence-corrected chi connectivity index (χ4v) is 4.59. The summed E-state index contributed by atoms with van der Waals surface area (Å²) in [6.07, 6.45) is 7.36. The highest BCUT2D eigenvalue weighted by Crippen LogP contribution is 2.37. The van der Waals surface area contributed by atoms with Crippen LogP contribution < -0.4 is 10.6 Å². The Morgan fingerprint density at radius 1 is 1.29 bits per heavy atom. The molecule has 0 radical (unpaired) electrons. The number of aromatic nitrogens is 6. The average Bonchev–Trinajstić information content (AvgIpc) is 3.60. The third-order valence-electron chi connectivity index (χ3n) is 6.96. The second-order valence-electron chi connectivity index (χ2n) is 9.62. The smallest absolute Gasteiger partial charge is 0.253 e. The van der Waals surface area contributed by atoms with E-state index in [0.717, 1.165) is 28.7 Å². The lowest BCUT2D eigenvalue weighted by Gasteiger charge is -2.34. The van der Waals surface area contributed by atoms with E-state index in [1.54, 1.807) is 25.4 Å². The molecule has 0 saturated carbocycles. The lowest BCUT2D eigenvalue weighted by Crippen LogP contribution is -2.49. The van der Waals surface area contributed by atoms with Gasteiger partial charge in [0.2, 0.25) is 5.69 Å². The van der Waals surface area contributed by atoms with Crippen LogP contribution in [0.15, 0.2) is 55.0 Å². The molecule has 1 amide bonds. The Morgan fingerprint density at radius 3 is 2.71 bits per heavy atom. The van der Waals surface area contributed by atoms with Crippen LogP contribution in [0.1, 0.15) is 49.2 Å². The number of ether oxygens (including phenoxy) is 1. The molecular formula is C28H30FN9O2S. The molecule has 41 heavy (non-hydrogen) atoms. The van der Waals surface area contributed by atoms with Crippen molar-refractivity contribution < 1.29 is 13.9 Å². The Balaban J connectivity index is 0.00000387. The molecule has 0 fully saturated rings. The molecule has 0 aliphatic heterocycles. The molecule has 1 aliphatic carbocycles. The van der Waals surface area contributed by atoms with Gasteiger partial charge in [-0.3, -0.25) is 9.89 Å². The summed E-state index contributed by atoms with van der Waals surface area (Å²) in [6.45, 7) is 11.2. The van der Waals surface area contributed by atoms with Gasteiger partial charge in [0, 0.05) is 31.5 Å². The Bertz CT molecular complexity index is 1610. The minimum Gasteiger partial charge on any atom is -0.368 e. The Labute approximate surface area is 243 Å². The van der Waals surface area contributed by atoms with Crippen molar-refractivity contribution in [1.29, 1.82) is 0 Å². The summed E-state index contributed by atoms with van der Waals surface area (Å²) in [6, 6.07) is 8.58. The van der Waals surface area contributed by atoms with Crippen molar-refractivity contribution in [2.45, 2.75) is 44.8 Å². The van der Waals surface area contributed by atoms with Crippen molar-refractivity contribution >= 4 is 42.3 Å². The number of pyridine rings is 2. The van der Waals surface area contributed by atoms with E-state index in [1.165, 1.54) is 10.9 Å². The zero-order valence-corrected chi connectivity index (χ0v) is 23.8. The van der Waals surface area contributed by atoms with Crippen LogP contribution in [-0.2, 0) is 9.53 Å². The standard InChI is InChI=1S/C28H28FN9O2.H2S/c1-17-13-24(37-36-17)35-26-23(30-3)7-6-22(34-26)19-9-11-28(40-4,12-10-19)27(39)33-18(2)20-5-8-25(31-14-20)38-16-21(29)15-32-38;/h5-9,13-16,18H,10-12H2,1-2,4H3,(H,33,39)(H2,34,35,36,37);1H2/t18-,28?;/m0./s1. The topological polar surface area (TPSA) is 127 Å². The molecule has 2 atom stereocenters. The first-order valence-corrected chi connectivity index (χ1v) is 12.7. The first kappa shape index (κ1) is 29.4. The van der Waals surface area contributed by atoms with E-state index in [0.29, 0.717) is 42.4 Å². The normalized spacial score (nSPS) is 17.1. The lowest BCUT2D eigenvalue weighted by molar-refractivity contribution is -0.145. The number of amides is 1. The van der Waals surface area contributed by atoms with Crippen molar-refractivity contribution in [3.63, 3.8) is 0 Å². The van der Waals surface area contributed by atoms with E-state index in [4.69, 9.17) is 11.3 Å². The quantitative estimate of drug-likeness (QED) is 0.250. The number of carbonyl (C=O) groups is 1. The largest absolute Gasteiger partial charge is 0.368 e. The number of nitrogens with zero attached hydrogens (tertiary/aromatic N) is 6. The fraction of sp³-hybridized carbons (Fsp3) is 0.286. The summed E-state index contributed by atoms with van der Waals surface area (Å²) in [7, 11) is 1.54. The Hall–Kier alpha value is -4.54. The van der Waals surface area contributed by atoms with Crippen LogP contribution in [0.2, 0.25) is 0 Å². The average molecular weight is 576 g/mol. The van der Waals surface area contributed by atoms with Gasteiger partial charge in [0.05, 0.1) is 30.7 Å². The van der Waals surface area contributed by atoms with Gasteiger partial charge >= 0.3 is 0 Å². The highest BCUT2D eigenvalue weighted by molar-refractivity contribution is 7.59. The van der Waals surface area contributed by atoms with E-state index in [-0.39, 0.29) is 25.4 Å². The molecule has 1 aliphatic rings. The highest BCUT2D eigenvalue weighted by Gasteiger charge is 2.40. The first-order valence-electron chi connectivity index (χ1n) is 12.7. The molecule has 13 heteroatoms. The molecule has 212 valence electrons. The molecule has 0 bridgehead atoms. The number of hydrogen-bond acceptors (Lipinski definition) is 7. The zero-order chi connectivity index (χ0) is 28.3. The summed E-state index contributed by atoms with van der Waals surface area (Å²) in [5, 5.41) is 17.1. The monoisotopic (exact) mass is 575 g/mol.